The number of benzene rings is 1. The van der Waals surface area contributed by atoms with Crippen molar-refractivity contribution in [2.45, 2.75) is 26.4 Å². The Hall–Kier alpha value is -3.86. The van der Waals surface area contributed by atoms with E-state index in [-0.39, 0.29) is 6.10 Å². The third-order valence-electron chi connectivity index (χ3n) is 5.41. The molecule has 0 aliphatic carbocycles. The van der Waals surface area contributed by atoms with Gasteiger partial charge in [-0.2, -0.15) is 10.4 Å². The van der Waals surface area contributed by atoms with E-state index in [9.17, 15) is 5.26 Å². The molecule has 31 heavy (non-hydrogen) atoms. The fourth-order valence-electron chi connectivity index (χ4n) is 3.76. The summed E-state index contributed by atoms with van der Waals surface area (Å²) in [5, 5.41) is 14.4. The number of anilines is 1. The summed E-state index contributed by atoms with van der Waals surface area (Å²) in [5.41, 5.74) is 11.7. The van der Waals surface area contributed by atoms with E-state index in [1.54, 1.807) is 17.9 Å². The van der Waals surface area contributed by atoms with Crippen LogP contribution in [0.3, 0.4) is 0 Å². The molecular weight excluding hydrogens is 390 g/mol. The first kappa shape index (κ1) is 20.4. The number of likely N-dealkylation sites (N-methyl/N-ethyl adjacent to an activating group) is 1. The summed E-state index contributed by atoms with van der Waals surface area (Å²) in [4.78, 5) is 11.3. The van der Waals surface area contributed by atoms with Crippen molar-refractivity contribution in [1.82, 2.24) is 19.7 Å². The summed E-state index contributed by atoms with van der Waals surface area (Å²) in [6.45, 7) is 4.01. The smallest absolute Gasteiger partial charge is 0.166 e. The second-order valence-electron chi connectivity index (χ2n) is 7.93. The van der Waals surface area contributed by atoms with Crippen LogP contribution in [0, 0.1) is 18.3 Å². The molecule has 4 rings (SSSR count). The Morgan fingerprint density at radius 1 is 1.29 bits per heavy atom. The predicted octanol–water partition coefficient (Wildman–Crippen LogP) is 3.53. The summed E-state index contributed by atoms with van der Waals surface area (Å²) in [6.07, 6.45) is 1.81. The topological polar surface area (TPSA) is 105 Å². The monoisotopic (exact) mass is 415 g/mol. The molecule has 2 N–H and O–H groups in total. The number of nitrogen functional groups attached to an aromatic ring is 1. The summed E-state index contributed by atoms with van der Waals surface area (Å²) in [6, 6.07) is 10.2. The average molecular weight is 416 g/mol. The van der Waals surface area contributed by atoms with Crippen LogP contribution in [0.25, 0.3) is 11.1 Å². The lowest BCUT2D eigenvalue weighted by Crippen LogP contribution is -2.24. The molecule has 8 heteroatoms. The fourth-order valence-corrected chi connectivity index (χ4v) is 3.76. The van der Waals surface area contributed by atoms with E-state index >= 15 is 0 Å². The van der Waals surface area contributed by atoms with Gasteiger partial charge in [-0.05, 0) is 26.0 Å². The van der Waals surface area contributed by atoms with Gasteiger partial charge in [0.15, 0.2) is 11.6 Å². The van der Waals surface area contributed by atoms with Crippen molar-refractivity contribution in [1.29, 1.82) is 5.26 Å². The molecule has 0 radical (unpaired) electrons. The molecule has 1 atom stereocenters. The Morgan fingerprint density at radius 2 is 2.06 bits per heavy atom. The minimum atomic E-state index is -0.301. The average Bonchev–Trinajstić information content (AvgIpc) is 3.04. The van der Waals surface area contributed by atoms with E-state index in [1.807, 2.05) is 51.0 Å². The Labute approximate surface area is 181 Å². The molecule has 1 aromatic carbocycles. The van der Waals surface area contributed by atoms with Crippen LogP contribution in [0.1, 0.15) is 35.5 Å². The Balaban J connectivity index is 2.03. The molecule has 2 bridgehead atoms. The lowest BCUT2D eigenvalue weighted by Gasteiger charge is -2.22. The third-order valence-corrected chi connectivity index (χ3v) is 5.41. The second-order valence-corrected chi connectivity index (χ2v) is 7.93. The highest BCUT2D eigenvalue weighted by molar-refractivity contribution is 5.89. The zero-order valence-electron chi connectivity index (χ0n) is 18.3. The number of aliphatic imine (C=N–C) groups is 1. The van der Waals surface area contributed by atoms with Crippen molar-refractivity contribution in [2.24, 2.45) is 12.0 Å². The number of aromatic nitrogens is 3. The third kappa shape index (κ3) is 3.70. The van der Waals surface area contributed by atoms with Gasteiger partial charge >= 0.3 is 0 Å². The highest BCUT2D eigenvalue weighted by Crippen LogP contribution is 2.37. The van der Waals surface area contributed by atoms with Gasteiger partial charge in [-0.3, -0.25) is 4.68 Å². The van der Waals surface area contributed by atoms with E-state index in [2.05, 4.69) is 22.2 Å². The number of nitriles is 1. The van der Waals surface area contributed by atoms with Gasteiger partial charge in [-0.25, -0.2) is 9.98 Å². The molecule has 3 heterocycles. The second kappa shape index (κ2) is 7.76. The van der Waals surface area contributed by atoms with E-state index in [0.717, 1.165) is 33.9 Å². The van der Waals surface area contributed by atoms with Gasteiger partial charge in [0, 0.05) is 44.0 Å². The van der Waals surface area contributed by atoms with Crippen molar-refractivity contribution in [3.8, 4) is 22.9 Å². The van der Waals surface area contributed by atoms with Crippen LogP contribution >= 0.6 is 0 Å². The van der Waals surface area contributed by atoms with Crippen LogP contribution in [0.2, 0.25) is 0 Å². The van der Waals surface area contributed by atoms with Crippen LogP contribution in [0.5, 0.6) is 5.75 Å². The summed E-state index contributed by atoms with van der Waals surface area (Å²) < 4.78 is 7.84. The number of fused-ring (bicyclic) bond motifs is 5. The normalized spacial score (nSPS) is 15.4. The molecule has 0 spiro atoms. The zero-order chi connectivity index (χ0) is 22.3. The predicted molar refractivity (Wildman–Crippen MR) is 120 cm³/mol. The molecule has 0 fully saturated rings. The summed E-state index contributed by atoms with van der Waals surface area (Å²) in [5.74, 6) is 1.59. The first-order chi connectivity index (χ1) is 14.8. The van der Waals surface area contributed by atoms with E-state index in [4.69, 9.17) is 15.5 Å². The minimum absolute atomic E-state index is 0.295. The molecule has 158 valence electrons. The summed E-state index contributed by atoms with van der Waals surface area (Å²) in [7, 11) is 5.67. The van der Waals surface area contributed by atoms with Gasteiger partial charge in [-0.15, -0.1) is 0 Å². The van der Waals surface area contributed by atoms with Crippen LogP contribution in [-0.2, 0) is 13.5 Å². The SMILES string of the molecule is Cc1ccc2c(c1)[C@@H](C)Oc1cc(cnc1N)-c1c(nn(C)c1C#N)CC(N(C)C)=N2. The van der Waals surface area contributed by atoms with Crippen molar-refractivity contribution in [3.63, 3.8) is 0 Å². The largest absolute Gasteiger partial charge is 0.482 e. The van der Waals surface area contributed by atoms with Crippen molar-refractivity contribution in [3.05, 3.63) is 53.0 Å². The Morgan fingerprint density at radius 3 is 2.77 bits per heavy atom. The van der Waals surface area contributed by atoms with Crippen molar-refractivity contribution >= 4 is 17.3 Å². The van der Waals surface area contributed by atoms with Crippen molar-refractivity contribution in [2.75, 3.05) is 19.8 Å². The molecule has 0 saturated carbocycles. The molecule has 0 saturated heterocycles. The molecule has 3 aromatic rings. The standard InChI is InChI=1S/C23H25N7O/c1-13-6-7-17-16(8-13)14(2)31-20-9-15(12-26-23(20)25)22-18(10-21(27-17)29(3)4)28-30(5)19(22)11-24/h6-9,12,14H,10H2,1-5H3,(H2,25,26)/t14-/m1/s1. The van der Waals surface area contributed by atoms with E-state index in [0.29, 0.717) is 29.2 Å². The van der Waals surface area contributed by atoms with Crippen molar-refractivity contribution < 1.29 is 4.74 Å². The first-order valence-corrected chi connectivity index (χ1v) is 10.0. The van der Waals surface area contributed by atoms with E-state index in [1.165, 1.54) is 0 Å². The number of ether oxygens (including phenoxy) is 1. The highest BCUT2D eigenvalue weighted by atomic mass is 16.5. The lowest BCUT2D eigenvalue weighted by molar-refractivity contribution is 0.228. The molecular formula is C23H25N7O. The Bertz CT molecular complexity index is 1230. The lowest BCUT2D eigenvalue weighted by atomic mass is 10.0. The van der Waals surface area contributed by atoms with E-state index < -0.39 is 0 Å². The van der Waals surface area contributed by atoms with Gasteiger partial charge in [0.1, 0.15) is 23.7 Å². The zero-order valence-corrected chi connectivity index (χ0v) is 18.3. The van der Waals surface area contributed by atoms with Gasteiger partial charge in [0.2, 0.25) is 0 Å². The Kier molecular flexibility index (Phi) is 5.11. The molecule has 0 amide bonds. The number of pyridine rings is 1. The number of hydrogen-bond donors (Lipinski definition) is 1. The molecule has 1 aliphatic rings. The minimum Gasteiger partial charge on any atom is -0.482 e. The van der Waals surface area contributed by atoms with Crippen LogP contribution in [0.15, 0.2) is 35.5 Å². The number of aryl methyl sites for hydroxylation is 2. The molecule has 1 aliphatic heterocycles. The maximum Gasteiger partial charge on any atom is 0.166 e. The molecule has 2 aromatic heterocycles. The van der Waals surface area contributed by atoms with Crippen LogP contribution in [-0.4, -0.2) is 39.6 Å². The van der Waals surface area contributed by atoms with Gasteiger partial charge in [0.25, 0.3) is 0 Å². The van der Waals surface area contributed by atoms with Gasteiger partial charge < -0.3 is 15.4 Å². The maximum absolute atomic E-state index is 9.78. The van der Waals surface area contributed by atoms with Gasteiger partial charge in [0.05, 0.1) is 17.8 Å². The van der Waals surface area contributed by atoms with Gasteiger partial charge in [-0.1, -0.05) is 17.7 Å². The van der Waals surface area contributed by atoms with Crippen LogP contribution in [0.4, 0.5) is 11.5 Å². The number of nitrogens with two attached hydrogens (primary N) is 1. The van der Waals surface area contributed by atoms with Crippen LogP contribution < -0.4 is 10.5 Å². The maximum atomic E-state index is 9.78. The molecule has 8 nitrogen and oxygen atoms in total. The fraction of sp³-hybridized carbons (Fsp3) is 0.304. The number of nitrogens with zero attached hydrogens (tertiary/aromatic N) is 6. The number of amidine groups is 1. The number of hydrogen-bond acceptors (Lipinski definition) is 7. The highest BCUT2D eigenvalue weighted by Gasteiger charge is 2.24. The first-order valence-electron chi connectivity index (χ1n) is 10.0. The number of rotatable bonds is 0. The quantitative estimate of drug-likeness (QED) is 0.602. The molecule has 0 unspecified atom stereocenters. The summed E-state index contributed by atoms with van der Waals surface area (Å²) >= 11 is 0.